The predicted octanol–water partition coefficient (Wildman–Crippen LogP) is 0.466. The van der Waals surface area contributed by atoms with Gasteiger partial charge in [0.25, 0.3) is 0 Å². The zero-order valence-electron chi connectivity index (χ0n) is 10.8. The Labute approximate surface area is 107 Å². The Morgan fingerprint density at radius 2 is 2.00 bits per heavy atom. The number of likely N-dealkylation sites (N-methyl/N-ethyl adjacent to an activating group) is 1. The van der Waals surface area contributed by atoms with Gasteiger partial charge in [0.1, 0.15) is 5.60 Å². The van der Waals surface area contributed by atoms with E-state index in [2.05, 4.69) is 21.9 Å². The molecule has 0 spiro atoms. The number of nitrogens with zero attached hydrogens (tertiary/aromatic N) is 3. The quantitative estimate of drug-likeness (QED) is 0.784. The molecule has 0 saturated carbocycles. The number of piperidine rings is 1. The van der Waals surface area contributed by atoms with Crippen molar-refractivity contribution < 1.29 is 9.84 Å². The molecule has 1 N–H and O–H groups in total. The average molecular weight is 249 g/mol. The van der Waals surface area contributed by atoms with Crippen molar-refractivity contribution in [3.05, 3.63) is 23.8 Å². The lowest BCUT2D eigenvalue weighted by Gasteiger charge is -2.49. The molecule has 3 rings (SSSR count). The SMILES string of the molecule is Cc1cncc(C2(O)CC3COCC(C2)N3C)n1. The van der Waals surface area contributed by atoms with Crippen molar-refractivity contribution in [2.45, 2.75) is 37.5 Å². The second-order valence-electron chi connectivity index (χ2n) is 5.50. The van der Waals surface area contributed by atoms with Crippen LogP contribution in [-0.4, -0.2) is 52.3 Å². The highest BCUT2D eigenvalue weighted by atomic mass is 16.5. The molecular weight excluding hydrogens is 230 g/mol. The van der Waals surface area contributed by atoms with E-state index in [9.17, 15) is 5.11 Å². The minimum Gasteiger partial charge on any atom is -0.383 e. The number of ether oxygens (including phenoxy) is 1. The Morgan fingerprint density at radius 1 is 1.33 bits per heavy atom. The zero-order valence-corrected chi connectivity index (χ0v) is 10.8. The fourth-order valence-electron chi connectivity index (χ4n) is 3.04. The van der Waals surface area contributed by atoms with E-state index in [-0.39, 0.29) is 12.1 Å². The summed E-state index contributed by atoms with van der Waals surface area (Å²) in [5.41, 5.74) is 0.693. The van der Waals surface area contributed by atoms with Crippen LogP contribution >= 0.6 is 0 Å². The summed E-state index contributed by atoms with van der Waals surface area (Å²) in [6.07, 6.45) is 4.73. The van der Waals surface area contributed by atoms with Gasteiger partial charge in [0.2, 0.25) is 0 Å². The van der Waals surface area contributed by atoms with Gasteiger partial charge in [0.05, 0.1) is 30.8 Å². The fourth-order valence-corrected chi connectivity index (χ4v) is 3.04. The summed E-state index contributed by atoms with van der Waals surface area (Å²) in [5, 5.41) is 10.9. The first-order chi connectivity index (χ1) is 8.58. The Bertz CT molecular complexity index is 438. The lowest BCUT2D eigenvalue weighted by Crippen LogP contribution is -2.59. The maximum atomic E-state index is 10.9. The van der Waals surface area contributed by atoms with Gasteiger partial charge in [-0.1, -0.05) is 0 Å². The third-order valence-corrected chi connectivity index (χ3v) is 4.15. The van der Waals surface area contributed by atoms with E-state index in [0.29, 0.717) is 31.7 Å². The highest BCUT2D eigenvalue weighted by Crippen LogP contribution is 2.39. The van der Waals surface area contributed by atoms with Crippen LogP contribution in [0, 0.1) is 6.92 Å². The summed E-state index contributed by atoms with van der Waals surface area (Å²) in [6, 6.07) is 0.537. The summed E-state index contributed by atoms with van der Waals surface area (Å²) in [7, 11) is 2.11. The smallest absolute Gasteiger partial charge is 0.111 e. The average Bonchev–Trinajstić information content (AvgIpc) is 2.31. The summed E-state index contributed by atoms with van der Waals surface area (Å²) in [5.74, 6) is 0. The molecule has 0 radical (unpaired) electrons. The molecule has 2 aliphatic heterocycles. The van der Waals surface area contributed by atoms with Crippen LogP contribution in [0.1, 0.15) is 24.2 Å². The van der Waals surface area contributed by atoms with E-state index >= 15 is 0 Å². The molecule has 1 aromatic rings. The number of hydrogen-bond acceptors (Lipinski definition) is 5. The minimum absolute atomic E-state index is 0.268. The van der Waals surface area contributed by atoms with Gasteiger partial charge in [0.15, 0.2) is 0 Å². The zero-order chi connectivity index (χ0) is 12.8. The van der Waals surface area contributed by atoms with Crippen molar-refractivity contribution >= 4 is 0 Å². The van der Waals surface area contributed by atoms with E-state index < -0.39 is 5.60 Å². The van der Waals surface area contributed by atoms with Crippen LogP contribution < -0.4 is 0 Å². The Balaban J connectivity index is 1.92. The second-order valence-corrected chi connectivity index (χ2v) is 5.50. The molecule has 0 amide bonds. The van der Waals surface area contributed by atoms with Crippen LogP contribution in [0.15, 0.2) is 12.4 Å². The number of fused-ring (bicyclic) bond motifs is 2. The largest absolute Gasteiger partial charge is 0.383 e. The predicted molar refractivity (Wildman–Crippen MR) is 66.1 cm³/mol. The van der Waals surface area contributed by atoms with Crippen LogP contribution in [0.3, 0.4) is 0 Å². The van der Waals surface area contributed by atoms with Crippen molar-refractivity contribution in [1.29, 1.82) is 0 Å². The number of morpholine rings is 1. The van der Waals surface area contributed by atoms with E-state index in [0.717, 1.165) is 5.69 Å². The molecule has 0 aliphatic carbocycles. The van der Waals surface area contributed by atoms with Gasteiger partial charge in [-0.15, -0.1) is 0 Å². The third kappa shape index (κ3) is 1.92. The van der Waals surface area contributed by atoms with Gasteiger partial charge in [-0.05, 0) is 26.8 Å². The fraction of sp³-hybridized carbons (Fsp3) is 0.692. The third-order valence-electron chi connectivity index (χ3n) is 4.15. The van der Waals surface area contributed by atoms with Crippen LogP contribution in [0.4, 0.5) is 0 Å². The molecule has 18 heavy (non-hydrogen) atoms. The molecule has 0 aromatic carbocycles. The molecule has 2 unspecified atom stereocenters. The van der Waals surface area contributed by atoms with Gasteiger partial charge in [-0.3, -0.25) is 14.9 Å². The van der Waals surface area contributed by atoms with Crippen LogP contribution in [0.2, 0.25) is 0 Å². The van der Waals surface area contributed by atoms with Gasteiger partial charge in [-0.25, -0.2) is 0 Å². The van der Waals surface area contributed by atoms with Crippen molar-refractivity contribution in [3.63, 3.8) is 0 Å². The normalized spacial score (nSPS) is 36.6. The molecule has 2 saturated heterocycles. The van der Waals surface area contributed by atoms with Gasteiger partial charge in [0, 0.05) is 18.3 Å². The van der Waals surface area contributed by atoms with Crippen molar-refractivity contribution in [1.82, 2.24) is 14.9 Å². The standard InChI is InChI=1S/C13H19N3O2/c1-9-5-14-6-12(15-9)13(17)3-10-7-18-8-11(4-13)16(10)2/h5-6,10-11,17H,3-4,7-8H2,1-2H3. The topological polar surface area (TPSA) is 58.5 Å². The van der Waals surface area contributed by atoms with Gasteiger partial charge in [-0.2, -0.15) is 0 Å². The second kappa shape index (κ2) is 4.26. The Morgan fingerprint density at radius 3 is 2.61 bits per heavy atom. The number of aliphatic hydroxyl groups is 1. The first-order valence-corrected chi connectivity index (χ1v) is 6.40. The summed E-state index contributed by atoms with van der Waals surface area (Å²) in [4.78, 5) is 10.9. The molecule has 98 valence electrons. The molecule has 5 heteroatoms. The van der Waals surface area contributed by atoms with Crippen LogP contribution in [-0.2, 0) is 10.3 Å². The highest BCUT2D eigenvalue weighted by molar-refractivity contribution is 5.15. The van der Waals surface area contributed by atoms with E-state index in [1.54, 1.807) is 12.4 Å². The summed E-state index contributed by atoms with van der Waals surface area (Å²) >= 11 is 0. The minimum atomic E-state index is -0.857. The molecule has 1 aromatic heterocycles. The maximum Gasteiger partial charge on any atom is 0.111 e. The molecule has 3 heterocycles. The molecule has 2 bridgehead atoms. The monoisotopic (exact) mass is 249 g/mol. The van der Waals surface area contributed by atoms with Crippen molar-refractivity contribution in [3.8, 4) is 0 Å². The number of aryl methyl sites for hydroxylation is 1. The molecular formula is C13H19N3O2. The van der Waals surface area contributed by atoms with Crippen LogP contribution in [0.25, 0.3) is 0 Å². The Hall–Kier alpha value is -1.04. The maximum absolute atomic E-state index is 10.9. The number of hydrogen-bond donors (Lipinski definition) is 1. The number of aromatic nitrogens is 2. The van der Waals surface area contributed by atoms with E-state index in [1.807, 2.05) is 6.92 Å². The highest BCUT2D eigenvalue weighted by Gasteiger charge is 2.46. The molecule has 2 aliphatic rings. The van der Waals surface area contributed by atoms with Gasteiger partial charge < -0.3 is 9.84 Å². The molecule has 2 fully saturated rings. The lowest BCUT2D eigenvalue weighted by atomic mass is 9.79. The van der Waals surface area contributed by atoms with E-state index in [4.69, 9.17) is 4.74 Å². The molecule has 5 nitrogen and oxygen atoms in total. The van der Waals surface area contributed by atoms with Crippen molar-refractivity contribution in [2.24, 2.45) is 0 Å². The summed E-state index contributed by atoms with van der Waals surface area (Å²) < 4.78 is 5.57. The first kappa shape index (κ1) is 12.0. The number of rotatable bonds is 1. The van der Waals surface area contributed by atoms with E-state index in [1.165, 1.54) is 0 Å². The lowest BCUT2D eigenvalue weighted by molar-refractivity contribution is -0.139. The summed E-state index contributed by atoms with van der Waals surface area (Å²) in [6.45, 7) is 3.28. The Kier molecular flexibility index (Phi) is 2.84. The van der Waals surface area contributed by atoms with Crippen LogP contribution in [0.5, 0.6) is 0 Å². The van der Waals surface area contributed by atoms with Crippen molar-refractivity contribution in [2.75, 3.05) is 20.3 Å². The molecule has 2 atom stereocenters. The first-order valence-electron chi connectivity index (χ1n) is 6.40. The van der Waals surface area contributed by atoms with Gasteiger partial charge >= 0.3 is 0 Å².